The minimum atomic E-state index is 0.569. The first-order chi connectivity index (χ1) is 12.1. The van der Waals surface area contributed by atoms with Crippen LogP contribution >= 0.6 is 11.6 Å². The van der Waals surface area contributed by atoms with E-state index in [1.54, 1.807) is 18.3 Å². The molecule has 6 heteroatoms. The lowest BCUT2D eigenvalue weighted by molar-refractivity contribution is 0.117. The number of benzene rings is 1. The molecule has 0 aliphatic rings. The molecule has 4 nitrogen and oxygen atoms in total. The highest BCUT2D eigenvalue weighted by atomic mass is 35.5. The third-order valence-electron chi connectivity index (χ3n) is 3.58. The van der Waals surface area contributed by atoms with E-state index in [1.807, 2.05) is 19.1 Å². The van der Waals surface area contributed by atoms with E-state index in [-0.39, 0.29) is 0 Å². The molecule has 1 N–H and O–H groups in total. The van der Waals surface area contributed by atoms with Crippen molar-refractivity contribution in [3.8, 4) is 5.75 Å². The van der Waals surface area contributed by atoms with Gasteiger partial charge in [0.1, 0.15) is 19.4 Å². The van der Waals surface area contributed by atoms with Crippen LogP contribution in [0.4, 0.5) is 11.5 Å². The predicted molar refractivity (Wildman–Crippen MR) is 105 cm³/mol. The molecule has 0 unspecified atom stereocenters. The van der Waals surface area contributed by atoms with Crippen LogP contribution in [0.1, 0.15) is 31.7 Å². The summed E-state index contributed by atoms with van der Waals surface area (Å²) in [6.45, 7) is 6.17. The van der Waals surface area contributed by atoms with Gasteiger partial charge in [-0.2, -0.15) is 0 Å². The molecule has 1 aromatic carbocycles. The van der Waals surface area contributed by atoms with Crippen molar-refractivity contribution < 1.29 is 9.47 Å². The fourth-order valence-electron chi connectivity index (χ4n) is 2.24. The van der Waals surface area contributed by atoms with Gasteiger partial charge in [-0.15, -0.1) is 0 Å². The number of aromatic nitrogens is 1. The van der Waals surface area contributed by atoms with E-state index in [0.29, 0.717) is 35.3 Å². The average Bonchev–Trinajstić information content (AvgIpc) is 2.58. The minimum Gasteiger partial charge on any atom is -0.491 e. The molecule has 0 saturated carbocycles. The highest BCUT2D eigenvalue weighted by molar-refractivity contribution is 6.35. The predicted octanol–water partition coefficient (Wildman–Crippen LogP) is 4.17. The topological polar surface area (TPSA) is 43.4 Å². The van der Waals surface area contributed by atoms with Crippen LogP contribution in [-0.2, 0) is 4.74 Å². The standard InChI is InChI=1S/C19H24BClN2O2/c1-3-4-8-24-9-5-10-25-18-7-6-15(21)12-17(18)23-19-16(20)11-14(2)13-22-19/h6-7,11-13H,3-5,8-10H2,1-2H3,(H,22,23). The first-order valence-electron chi connectivity index (χ1n) is 8.59. The van der Waals surface area contributed by atoms with Gasteiger partial charge >= 0.3 is 0 Å². The Hall–Kier alpha value is -1.72. The molecule has 0 atom stereocenters. The molecule has 0 bridgehead atoms. The average molecular weight is 359 g/mol. The van der Waals surface area contributed by atoms with Crippen LogP contribution in [0.15, 0.2) is 30.5 Å². The van der Waals surface area contributed by atoms with E-state index in [1.165, 1.54) is 0 Å². The molecule has 0 aliphatic heterocycles. The third kappa shape index (κ3) is 6.60. The highest BCUT2D eigenvalue weighted by Gasteiger charge is 2.08. The lowest BCUT2D eigenvalue weighted by Gasteiger charge is -2.15. The lowest BCUT2D eigenvalue weighted by atomic mass is 9.95. The Kier molecular flexibility index (Phi) is 8.09. The molecule has 2 radical (unpaired) electrons. The highest BCUT2D eigenvalue weighted by Crippen LogP contribution is 2.30. The molecule has 0 amide bonds. The molecule has 1 aromatic heterocycles. The van der Waals surface area contributed by atoms with E-state index < -0.39 is 0 Å². The minimum absolute atomic E-state index is 0.569. The molecule has 0 saturated heterocycles. The Bertz CT molecular complexity index is 682. The Morgan fingerprint density at radius 1 is 1.16 bits per heavy atom. The summed E-state index contributed by atoms with van der Waals surface area (Å²) >= 11 is 6.11. The van der Waals surface area contributed by atoms with Gasteiger partial charge in [0.05, 0.1) is 12.3 Å². The summed E-state index contributed by atoms with van der Waals surface area (Å²) in [6, 6.07) is 7.31. The van der Waals surface area contributed by atoms with E-state index in [2.05, 4.69) is 17.2 Å². The second-order valence-corrected chi connectivity index (χ2v) is 6.32. The smallest absolute Gasteiger partial charge is 0.142 e. The second kappa shape index (κ2) is 10.3. The van der Waals surface area contributed by atoms with Gasteiger partial charge in [0, 0.05) is 30.9 Å². The number of aryl methyl sites for hydroxylation is 1. The quantitative estimate of drug-likeness (QED) is 0.511. The zero-order chi connectivity index (χ0) is 18.1. The molecule has 0 fully saturated rings. The normalized spacial score (nSPS) is 10.7. The number of pyridine rings is 1. The summed E-state index contributed by atoms with van der Waals surface area (Å²) < 4.78 is 11.4. The van der Waals surface area contributed by atoms with Gasteiger partial charge in [-0.3, -0.25) is 0 Å². The van der Waals surface area contributed by atoms with Crippen molar-refractivity contribution in [3.05, 3.63) is 41.0 Å². The van der Waals surface area contributed by atoms with Crippen LogP contribution in [0.25, 0.3) is 0 Å². The molecular weight excluding hydrogens is 334 g/mol. The maximum atomic E-state index is 6.11. The largest absolute Gasteiger partial charge is 0.491 e. The molecule has 25 heavy (non-hydrogen) atoms. The van der Waals surface area contributed by atoms with Crippen molar-refractivity contribution >= 4 is 36.4 Å². The maximum Gasteiger partial charge on any atom is 0.142 e. The van der Waals surface area contributed by atoms with Crippen molar-refractivity contribution in [1.29, 1.82) is 0 Å². The van der Waals surface area contributed by atoms with Gasteiger partial charge < -0.3 is 14.8 Å². The van der Waals surface area contributed by atoms with Crippen LogP contribution in [0.3, 0.4) is 0 Å². The van der Waals surface area contributed by atoms with Gasteiger partial charge in [0.2, 0.25) is 0 Å². The van der Waals surface area contributed by atoms with Crippen molar-refractivity contribution in [3.63, 3.8) is 0 Å². The summed E-state index contributed by atoms with van der Waals surface area (Å²) in [6.07, 6.45) is 4.83. The number of hydrogen-bond donors (Lipinski definition) is 1. The Morgan fingerprint density at radius 2 is 1.96 bits per heavy atom. The number of rotatable bonds is 10. The van der Waals surface area contributed by atoms with E-state index in [9.17, 15) is 0 Å². The summed E-state index contributed by atoms with van der Waals surface area (Å²) in [4.78, 5) is 4.33. The summed E-state index contributed by atoms with van der Waals surface area (Å²) in [5.41, 5.74) is 2.33. The Morgan fingerprint density at radius 3 is 2.72 bits per heavy atom. The molecule has 132 valence electrons. The number of halogens is 1. The molecule has 1 heterocycles. The maximum absolute atomic E-state index is 6.11. The van der Waals surface area contributed by atoms with Crippen LogP contribution < -0.4 is 15.5 Å². The van der Waals surface area contributed by atoms with Crippen molar-refractivity contribution in [2.75, 3.05) is 25.1 Å². The molecule has 0 spiro atoms. The van der Waals surface area contributed by atoms with Gasteiger partial charge in [-0.25, -0.2) is 4.98 Å². The number of unbranched alkanes of at least 4 members (excludes halogenated alkanes) is 1. The molecule has 2 rings (SSSR count). The number of nitrogens with one attached hydrogen (secondary N) is 1. The zero-order valence-electron chi connectivity index (χ0n) is 14.8. The SMILES string of the molecule is [B]c1cc(C)cnc1Nc1cc(Cl)ccc1OCCCOCCCC. The van der Waals surface area contributed by atoms with Crippen molar-refractivity contribution in [2.45, 2.75) is 33.1 Å². The monoisotopic (exact) mass is 358 g/mol. The van der Waals surface area contributed by atoms with Gasteiger partial charge in [-0.05, 0) is 37.1 Å². The molecule has 0 aliphatic carbocycles. The number of nitrogens with zero attached hydrogens (tertiary/aromatic N) is 1. The summed E-state index contributed by atoms with van der Waals surface area (Å²) in [5, 5.41) is 3.82. The number of anilines is 2. The van der Waals surface area contributed by atoms with Crippen LogP contribution in [0.5, 0.6) is 5.75 Å². The van der Waals surface area contributed by atoms with E-state index in [4.69, 9.17) is 28.9 Å². The van der Waals surface area contributed by atoms with E-state index in [0.717, 1.165) is 37.1 Å². The molecule has 2 aromatic rings. The van der Waals surface area contributed by atoms with Crippen LogP contribution in [-0.4, -0.2) is 32.7 Å². The zero-order valence-corrected chi connectivity index (χ0v) is 15.6. The summed E-state index contributed by atoms with van der Waals surface area (Å²) in [5.74, 6) is 1.29. The Balaban J connectivity index is 1.95. The van der Waals surface area contributed by atoms with Gasteiger partial charge in [0.15, 0.2) is 0 Å². The van der Waals surface area contributed by atoms with Crippen LogP contribution in [0, 0.1) is 6.92 Å². The first-order valence-corrected chi connectivity index (χ1v) is 8.97. The molecular formula is C19H24BClN2O2. The number of hydrogen-bond acceptors (Lipinski definition) is 4. The van der Waals surface area contributed by atoms with Crippen molar-refractivity contribution in [2.24, 2.45) is 0 Å². The first kappa shape index (κ1) is 19.6. The van der Waals surface area contributed by atoms with E-state index >= 15 is 0 Å². The van der Waals surface area contributed by atoms with Crippen molar-refractivity contribution in [1.82, 2.24) is 4.98 Å². The third-order valence-corrected chi connectivity index (χ3v) is 3.82. The van der Waals surface area contributed by atoms with Gasteiger partial charge in [0.25, 0.3) is 0 Å². The summed E-state index contributed by atoms with van der Waals surface area (Å²) in [7, 11) is 6.02. The fraction of sp³-hybridized carbons (Fsp3) is 0.421. The Labute approximate surface area is 156 Å². The fourth-order valence-corrected chi connectivity index (χ4v) is 2.41. The second-order valence-electron chi connectivity index (χ2n) is 5.88. The van der Waals surface area contributed by atoms with Crippen LogP contribution in [0.2, 0.25) is 5.02 Å². The lowest BCUT2D eigenvalue weighted by Crippen LogP contribution is -2.13. The van der Waals surface area contributed by atoms with Gasteiger partial charge in [-0.1, -0.05) is 36.5 Å². The number of ether oxygens (including phenoxy) is 2.